The first-order valence-electron chi connectivity index (χ1n) is 12.8. The zero-order chi connectivity index (χ0) is 26.1. The molecular formula is C22H44N6O8. The first-order valence-corrected chi connectivity index (χ1v) is 12.8. The Labute approximate surface area is 211 Å². The maximum atomic E-state index is 11.2. The highest BCUT2D eigenvalue weighted by molar-refractivity contribution is 5.00. The average Bonchev–Trinajstić information content (AvgIpc) is 2.83. The lowest BCUT2D eigenvalue weighted by molar-refractivity contribution is -0.365. The molecule has 13 N–H and O–H groups in total. The van der Waals surface area contributed by atoms with Crippen molar-refractivity contribution in [2.24, 2.45) is 22.9 Å². The van der Waals surface area contributed by atoms with Gasteiger partial charge in [0.1, 0.15) is 18.3 Å². The maximum absolute atomic E-state index is 11.2. The molecule has 3 saturated heterocycles. The molecule has 0 aromatic carbocycles. The summed E-state index contributed by atoms with van der Waals surface area (Å²) < 4.78 is 30.1. The van der Waals surface area contributed by atoms with Crippen molar-refractivity contribution in [1.82, 2.24) is 10.6 Å². The van der Waals surface area contributed by atoms with Gasteiger partial charge in [-0.2, -0.15) is 0 Å². The van der Waals surface area contributed by atoms with Gasteiger partial charge in [-0.05, 0) is 39.8 Å². The molecule has 15 atom stereocenters. The number of nitrogens with one attached hydrogen (secondary N) is 2. The van der Waals surface area contributed by atoms with Gasteiger partial charge in [0.15, 0.2) is 18.9 Å². The lowest BCUT2D eigenvalue weighted by atomic mass is 9.85. The van der Waals surface area contributed by atoms with Crippen LogP contribution in [0.25, 0.3) is 0 Å². The summed E-state index contributed by atoms with van der Waals surface area (Å²) in [6, 6.07) is -2.02. The Bertz CT molecular complexity index is 711. The number of hydrogen-bond donors (Lipinski definition) is 9. The van der Waals surface area contributed by atoms with E-state index in [9.17, 15) is 15.3 Å². The lowest BCUT2D eigenvalue weighted by Gasteiger charge is -2.51. The second-order valence-electron chi connectivity index (χ2n) is 10.4. The Hall–Kier alpha value is -0.560. The second-order valence-corrected chi connectivity index (χ2v) is 10.4. The number of ether oxygens (including phenoxy) is 5. The van der Waals surface area contributed by atoms with Gasteiger partial charge in [0.25, 0.3) is 0 Å². The molecule has 0 bridgehead atoms. The van der Waals surface area contributed by atoms with E-state index in [1.54, 1.807) is 7.05 Å². The molecular weight excluding hydrogens is 476 g/mol. The van der Waals surface area contributed by atoms with Crippen molar-refractivity contribution < 1.29 is 39.0 Å². The molecule has 0 aromatic rings. The number of likely N-dealkylation sites (N-methyl/N-ethyl adjacent to an activating group) is 2. The van der Waals surface area contributed by atoms with Gasteiger partial charge in [0, 0.05) is 24.2 Å². The average molecular weight is 521 g/mol. The standard InChI is InChI=1S/C22H44N6O8/c1-27-12-6-14(9(24)3-8(12)23)32-20-11(26)5-15-19(35-20)18(31)17(28-2)22(33-15)36-21-13(30)4-10(25)16(7-29)34-21/h8-22,27-31H,3-7,23-26H2,1-2H3/t8-,9?,10+,11?,12?,13?,14+,15+,16?,17?,18?,19?,20+,21-,22?/m1/s1. The molecule has 4 rings (SSSR count). The summed E-state index contributed by atoms with van der Waals surface area (Å²) in [6.07, 6.45) is -5.43. The van der Waals surface area contributed by atoms with Gasteiger partial charge >= 0.3 is 0 Å². The Morgan fingerprint density at radius 2 is 1.53 bits per heavy atom. The van der Waals surface area contributed by atoms with Gasteiger partial charge in [-0.1, -0.05) is 0 Å². The number of rotatable bonds is 7. The van der Waals surface area contributed by atoms with Crippen LogP contribution in [-0.2, 0) is 23.7 Å². The van der Waals surface area contributed by atoms with E-state index >= 15 is 0 Å². The zero-order valence-electron chi connectivity index (χ0n) is 20.9. The molecule has 0 spiro atoms. The van der Waals surface area contributed by atoms with Crippen LogP contribution in [0.1, 0.15) is 25.7 Å². The third-order valence-corrected chi connectivity index (χ3v) is 7.92. The van der Waals surface area contributed by atoms with Gasteiger partial charge < -0.3 is 72.6 Å². The molecule has 0 amide bonds. The Kier molecular flexibility index (Phi) is 9.55. The number of hydrogen-bond acceptors (Lipinski definition) is 14. The van der Waals surface area contributed by atoms with Crippen LogP contribution in [0.15, 0.2) is 0 Å². The van der Waals surface area contributed by atoms with Gasteiger partial charge in [-0.3, -0.25) is 0 Å². The summed E-state index contributed by atoms with van der Waals surface area (Å²) >= 11 is 0. The van der Waals surface area contributed by atoms with Crippen molar-refractivity contribution >= 4 is 0 Å². The molecule has 14 nitrogen and oxygen atoms in total. The minimum Gasteiger partial charge on any atom is -0.394 e. The van der Waals surface area contributed by atoms with E-state index in [0.717, 1.165) is 0 Å². The van der Waals surface area contributed by atoms with Crippen LogP contribution in [-0.4, -0.2) is 128 Å². The summed E-state index contributed by atoms with van der Waals surface area (Å²) in [7, 11) is 3.51. The maximum Gasteiger partial charge on any atom is 0.187 e. The first-order chi connectivity index (χ1) is 17.2. The van der Waals surface area contributed by atoms with Gasteiger partial charge in [-0.15, -0.1) is 0 Å². The van der Waals surface area contributed by atoms with Crippen LogP contribution in [0, 0.1) is 0 Å². The third kappa shape index (κ3) is 5.87. The smallest absolute Gasteiger partial charge is 0.187 e. The number of fused-ring (bicyclic) bond motifs is 1. The van der Waals surface area contributed by atoms with E-state index in [0.29, 0.717) is 19.3 Å². The predicted molar refractivity (Wildman–Crippen MR) is 127 cm³/mol. The molecule has 9 unspecified atom stereocenters. The lowest BCUT2D eigenvalue weighted by Crippen LogP contribution is -2.69. The van der Waals surface area contributed by atoms with Crippen molar-refractivity contribution in [3.8, 4) is 0 Å². The fourth-order valence-electron chi connectivity index (χ4n) is 5.70. The van der Waals surface area contributed by atoms with E-state index < -0.39 is 67.5 Å². The van der Waals surface area contributed by atoms with Crippen molar-refractivity contribution in [3.05, 3.63) is 0 Å². The predicted octanol–water partition coefficient (Wildman–Crippen LogP) is -4.66. The summed E-state index contributed by atoms with van der Waals surface area (Å²) in [6.45, 7) is -0.308. The molecule has 210 valence electrons. The molecule has 36 heavy (non-hydrogen) atoms. The van der Waals surface area contributed by atoms with Crippen LogP contribution in [0.3, 0.4) is 0 Å². The summed E-state index contributed by atoms with van der Waals surface area (Å²) in [4.78, 5) is 0. The summed E-state index contributed by atoms with van der Waals surface area (Å²) in [5, 5.41) is 37.3. The molecule has 3 aliphatic heterocycles. The highest BCUT2D eigenvalue weighted by atomic mass is 16.8. The van der Waals surface area contributed by atoms with E-state index in [-0.39, 0.29) is 37.3 Å². The Morgan fingerprint density at radius 1 is 0.778 bits per heavy atom. The number of aliphatic hydroxyl groups is 3. The number of aliphatic hydroxyl groups excluding tert-OH is 3. The molecule has 1 saturated carbocycles. The largest absolute Gasteiger partial charge is 0.394 e. The van der Waals surface area contributed by atoms with Crippen molar-refractivity contribution in [2.45, 2.75) is 117 Å². The minimum absolute atomic E-state index is 0.0628. The molecule has 4 aliphatic rings. The van der Waals surface area contributed by atoms with E-state index in [2.05, 4.69) is 10.6 Å². The number of nitrogens with two attached hydrogens (primary N) is 4. The fourth-order valence-corrected chi connectivity index (χ4v) is 5.70. The topological polar surface area (TPSA) is 235 Å². The third-order valence-electron chi connectivity index (χ3n) is 7.92. The van der Waals surface area contributed by atoms with E-state index in [1.165, 1.54) is 0 Å². The Balaban J connectivity index is 1.40. The fraction of sp³-hybridized carbons (Fsp3) is 1.00. The van der Waals surface area contributed by atoms with Crippen LogP contribution in [0.5, 0.6) is 0 Å². The zero-order valence-corrected chi connectivity index (χ0v) is 20.9. The van der Waals surface area contributed by atoms with Gasteiger partial charge in [0.2, 0.25) is 0 Å². The molecule has 4 fully saturated rings. The molecule has 1 aliphatic carbocycles. The van der Waals surface area contributed by atoms with Gasteiger partial charge in [-0.25, -0.2) is 0 Å². The normalized spacial score (nSPS) is 52.1. The van der Waals surface area contributed by atoms with Crippen LogP contribution < -0.4 is 33.6 Å². The van der Waals surface area contributed by atoms with E-state index in [4.69, 9.17) is 46.6 Å². The van der Waals surface area contributed by atoms with E-state index in [1.807, 2.05) is 7.05 Å². The van der Waals surface area contributed by atoms with Crippen LogP contribution in [0.4, 0.5) is 0 Å². The van der Waals surface area contributed by atoms with Crippen molar-refractivity contribution in [2.75, 3.05) is 20.7 Å². The second kappa shape index (κ2) is 12.1. The molecule has 0 radical (unpaired) electrons. The molecule has 3 heterocycles. The molecule has 14 heteroatoms. The highest BCUT2D eigenvalue weighted by Crippen LogP contribution is 2.35. The first kappa shape index (κ1) is 28.4. The quantitative estimate of drug-likeness (QED) is 0.153. The van der Waals surface area contributed by atoms with Crippen molar-refractivity contribution in [3.63, 3.8) is 0 Å². The minimum atomic E-state index is -1.08. The Morgan fingerprint density at radius 3 is 2.19 bits per heavy atom. The SMILES string of the molecule is CNC1C(O[C@H]2OC(CO)[C@@H](N)CC2O)O[C@H]2CC(N)[C@@H](O[C@H]3CC(NC)[C@H](N)CC3N)OC2C1O. The van der Waals surface area contributed by atoms with Gasteiger partial charge in [0.05, 0.1) is 37.0 Å². The van der Waals surface area contributed by atoms with Crippen LogP contribution in [0.2, 0.25) is 0 Å². The molecule has 0 aromatic heterocycles. The monoisotopic (exact) mass is 520 g/mol. The highest BCUT2D eigenvalue weighted by Gasteiger charge is 2.52. The van der Waals surface area contributed by atoms with Crippen molar-refractivity contribution in [1.29, 1.82) is 0 Å². The summed E-state index contributed by atoms with van der Waals surface area (Å²) in [5.41, 5.74) is 24.8. The summed E-state index contributed by atoms with van der Waals surface area (Å²) in [5.74, 6) is 0. The van der Waals surface area contributed by atoms with Crippen LogP contribution >= 0.6 is 0 Å².